The van der Waals surface area contributed by atoms with Gasteiger partial charge in [0, 0.05) is 6.07 Å². The van der Waals surface area contributed by atoms with Crippen molar-refractivity contribution in [1.82, 2.24) is 10.1 Å². The predicted molar refractivity (Wildman–Crippen MR) is 72.1 cm³/mol. The van der Waals surface area contributed by atoms with Crippen LogP contribution in [0.3, 0.4) is 0 Å². The molecule has 1 heterocycles. The number of hydrogen-bond acceptors (Lipinski definition) is 5. The number of phenolic OH excluding ortho intramolecular Hbond substituents is 1. The molecular weight excluding hydrogens is 275 g/mol. The lowest BCUT2D eigenvalue weighted by atomic mass is 10.2. The molecule has 0 aliphatic heterocycles. The van der Waals surface area contributed by atoms with E-state index < -0.39 is 5.82 Å². The van der Waals surface area contributed by atoms with Gasteiger partial charge in [-0.1, -0.05) is 23.4 Å². The molecule has 0 bridgehead atoms. The van der Waals surface area contributed by atoms with E-state index in [1.54, 1.807) is 0 Å². The molecule has 1 aromatic heterocycles. The van der Waals surface area contributed by atoms with Gasteiger partial charge in [-0.05, 0) is 24.3 Å². The number of aromatic nitrogens is 2. The zero-order valence-corrected chi connectivity index (χ0v) is 10.9. The second kappa shape index (κ2) is 5.62. The Labute approximate surface area is 119 Å². The molecule has 0 atom stereocenters. The fourth-order valence-corrected chi connectivity index (χ4v) is 1.77. The lowest BCUT2D eigenvalue weighted by Gasteiger charge is -2.01. The third-order valence-electron chi connectivity index (χ3n) is 2.77. The quantitative estimate of drug-likeness (QED) is 0.797. The van der Waals surface area contributed by atoms with E-state index in [9.17, 15) is 9.50 Å². The first-order valence-corrected chi connectivity index (χ1v) is 6.22. The Balaban J connectivity index is 1.74. The number of ether oxygens (including phenoxy) is 1. The highest BCUT2D eigenvalue weighted by Gasteiger charge is 2.13. The molecule has 3 aromatic rings. The normalized spacial score (nSPS) is 10.5. The molecule has 0 saturated heterocycles. The summed E-state index contributed by atoms with van der Waals surface area (Å²) in [6.45, 7) is 0.134. The first-order valence-electron chi connectivity index (χ1n) is 6.22. The van der Waals surface area contributed by atoms with E-state index in [0.717, 1.165) is 6.07 Å². The smallest absolute Gasteiger partial charge is 0.261 e. The van der Waals surface area contributed by atoms with Crippen LogP contribution in [0.1, 0.15) is 5.82 Å². The van der Waals surface area contributed by atoms with Crippen molar-refractivity contribution >= 4 is 0 Å². The van der Waals surface area contributed by atoms with Crippen LogP contribution in [0, 0.1) is 5.82 Å². The molecule has 0 amide bonds. The van der Waals surface area contributed by atoms with Crippen molar-refractivity contribution in [3.8, 4) is 23.0 Å². The van der Waals surface area contributed by atoms with Gasteiger partial charge >= 0.3 is 0 Å². The summed E-state index contributed by atoms with van der Waals surface area (Å²) in [6, 6.07) is 12.8. The van der Waals surface area contributed by atoms with Crippen LogP contribution in [-0.2, 0) is 6.61 Å². The van der Waals surface area contributed by atoms with Gasteiger partial charge in [-0.2, -0.15) is 4.98 Å². The van der Waals surface area contributed by atoms with Gasteiger partial charge in [0.15, 0.2) is 6.61 Å². The summed E-state index contributed by atoms with van der Waals surface area (Å²) < 4.78 is 23.4. The Morgan fingerprint density at radius 3 is 2.71 bits per heavy atom. The summed E-state index contributed by atoms with van der Waals surface area (Å²) in [5.41, 5.74) is 0.273. The van der Waals surface area contributed by atoms with Crippen LogP contribution >= 0.6 is 0 Å². The van der Waals surface area contributed by atoms with Crippen LogP contribution in [0.4, 0.5) is 4.39 Å². The second-order valence-electron chi connectivity index (χ2n) is 4.28. The highest BCUT2D eigenvalue weighted by Crippen LogP contribution is 2.28. The molecule has 0 radical (unpaired) electrons. The molecule has 106 valence electrons. The van der Waals surface area contributed by atoms with E-state index in [1.165, 1.54) is 12.1 Å². The van der Waals surface area contributed by atoms with E-state index in [1.807, 2.05) is 30.3 Å². The van der Waals surface area contributed by atoms with Crippen LogP contribution < -0.4 is 4.74 Å². The number of hydrogen-bond donors (Lipinski definition) is 1. The Morgan fingerprint density at radius 2 is 1.95 bits per heavy atom. The SMILES string of the molecule is Oc1cc(F)ccc1-c1nc(COc2ccccc2)no1. The van der Waals surface area contributed by atoms with Gasteiger partial charge in [-0.15, -0.1) is 0 Å². The number of rotatable bonds is 4. The van der Waals surface area contributed by atoms with Crippen LogP contribution in [-0.4, -0.2) is 15.2 Å². The topological polar surface area (TPSA) is 68.4 Å². The first-order chi connectivity index (χ1) is 10.2. The molecule has 0 unspecified atom stereocenters. The molecule has 2 aromatic carbocycles. The summed E-state index contributed by atoms with van der Waals surface area (Å²) in [5.74, 6) is 0.336. The minimum atomic E-state index is -0.539. The highest BCUT2D eigenvalue weighted by molar-refractivity contribution is 5.61. The predicted octanol–water partition coefficient (Wildman–Crippen LogP) is 3.16. The van der Waals surface area contributed by atoms with Crippen LogP contribution in [0.25, 0.3) is 11.5 Å². The minimum Gasteiger partial charge on any atom is -0.507 e. The van der Waals surface area contributed by atoms with Gasteiger partial charge in [0.2, 0.25) is 5.82 Å². The Morgan fingerprint density at radius 1 is 1.14 bits per heavy atom. The van der Waals surface area contributed by atoms with Crippen molar-refractivity contribution in [3.63, 3.8) is 0 Å². The zero-order valence-electron chi connectivity index (χ0n) is 10.9. The summed E-state index contributed by atoms with van der Waals surface area (Å²) in [6.07, 6.45) is 0. The maximum Gasteiger partial charge on any atom is 0.261 e. The summed E-state index contributed by atoms with van der Waals surface area (Å²) in [7, 11) is 0. The van der Waals surface area contributed by atoms with Gasteiger partial charge in [0.05, 0.1) is 5.56 Å². The van der Waals surface area contributed by atoms with Crippen molar-refractivity contribution in [1.29, 1.82) is 0 Å². The van der Waals surface area contributed by atoms with Crippen molar-refractivity contribution < 1.29 is 18.8 Å². The molecular formula is C15H11FN2O3. The number of halogens is 1. The molecule has 5 nitrogen and oxygen atoms in total. The molecule has 0 saturated carbocycles. The molecule has 6 heteroatoms. The molecule has 3 rings (SSSR count). The average molecular weight is 286 g/mol. The van der Waals surface area contributed by atoms with Gasteiger partial charge in [0.25, 0.3) is 5.89 Å². The molecule has 0 spiro atoms. The fourth-order valence-electron chi connectivity index (χ4n) is 1.77. The Kier molecular flexibility index (Phi) is 3.51. The second-order valence-corrected chi connectivity index (χ2v) is 4.28. The van der Waals surface area contributed by atoms with E-state index >= 15 is 0 Å². The van der Waals surface area contributed by atoms with Crippen LogP contribution in [0.2, 0.25) is 0 Å². The summed E-state index contributed by atoms with van der Waals surface area (Å²) >= 11 is 0. The van der Waals surface area contributed by atoms with E-state index in [-0.39, 0.29) is 23.8 Å². The third kappa shape index (κ3) is 3.00. The van der Waals surface area contributed by atoms with Gasteiger partial charge in [0.1, 0.15) is 17.3 Å². The Bertz CT molecular complexity index is 744. The van der Waals surface area contributed by atoms with Gasteiger partial charge in [-0.25, -0.2) is 4.39 Å². The van der Waals surface area contributed by atoms with Gasteiger partial charge < -0.3 is 14.4 Å². The number of para-hydroxylation sites is 1. The van der Waals surface area contributed by atoms with Crippen molar-refractivity contribution in [2.75, 3.05) is 0 Å². The summed E-state index contributed by atoms with van der Waals surface area (Å²) in [5, 5.41) is 13.4. The molecule has 1 N–H and O–H groups in total. The largest absolute Gasteiger partial charge is 0.507 e. The van der Waals surface area contributed by atoms with Crippen LogP contribution in [0.5, 0.6) is 11.5 Å². The minimum absolute atomic E-state index is 0.110. The summed E-state index contributed by atoms with van der Waals surface area (Å²) in [4.78, 5) is 4.10. The molecule has 0 fully saturated rings. The van der Waals surface area contributed by atoms with Crippen molar-refractivity contribution in [2.24, 2.45) is 0 Å². The molecule has 21 heavy (non-hydrogen) atoms. The van der Waals surface area contributed by atoms with Gasteiger partial charge in [-0.3, -0.25) is 0 Å². The standard InChI is InChI=1S/C15H11FN2O3/c16-10-6-7-12(13(19)8-10)15-17-14(18-21-15)9-20-11-4-2-1-3-5-11/h1-8,19H,9H2. The van der Waals surface area contributed by atoms with Crippen molar-refractivity contribution in [2.45, 2.75) is 6.61 Å². The monoisotopic (exact) mass is 286 g/mol. The number of aromatic hydroxyl groups is 1. The van der Waals surface area contributed by atoms with E-state index in [4.69, 9.17) is 9.26 Å². The maximum atomic E-state index is 12.9. The first kappa shape index (κ1) is 13.1. The number of phenols is 1. The average Bonchev–Trinajstić information content (AvgIpc) is 2.95. The third-order valence-corrected chi connectivity index (χ3v) is 2.77. The lowest BCUT2D eigenvalue weighted by Crippen LogP contribution is -1.97. The van der Waals surface area contributed by atoms with Crippen LogP contribution in [0.15, 0.2) is 53.1 Å². The van der Waals surface area contributed by atoms with E-state index in [0.29, 0.717) is 11.6 Å². The zero-order chi connectivity index (χ0) is 14.7. The molecule has 0 aliphatic carbocycles. The highest BCUT2D eigenvalue weighted by atomic mass is 19.1. The number of nitrogens with zero attached hydrogens (tertiary/aromatic N) is 2. The lowest BCUT2D eigenvalue weighted by molar-refractivity contribution is 0.287. The maximum absolute atomic E-state index is 12.9. The Hall–Kier alpha value is -2.89. The fraction of sp³-hybridized carbons (Fsp3) is 0.0667. The van der Waals surface area contributed by atoms with E-state index in [2.05, 4.69) is 10.1 Å². The molecule has 0 aliphatic rings. The number of benzene rings is 2. The van der Waals surface area contributed by atoms with Crippen molar-refractivity contribution in [3.05, 3.63) is 60.2 Å².